The normalized spacial score (nSPS) is 18.8. The molecule has 4 nitrogen and oxygen atoms in total. The summed E-state index contributed by atoms with van der Waals surface area (Å²) in [5, 5.41) is 7.82. The number of aromatic nitrogens is 2. The Kier molecular flexibility index (Phi) is 4.78. The van der Waals surface area contributed by atoms with E-state index in [0.717, 1.165) is 25.5 Å². The van der Waals surface area contributed by atoms with Crippen LogP contribution >= 0.6 is 0 Å². The van der Waals surface area contributed by atoms with Gasteiger partial charge in [0.05, 0.1) is 18.3 Å². The van der Waals surface area contributed by atoms with E-state index in [1.165, 1.54) is 18.4 Å². The summed E-state index contributed by atoms with van der Waals surface area (Å²) >= 11 is 0. The van der Waals surface area contributed by atoms with Crippen LogP contribution in [0.4, 0.5) is 0 Å². The van der Waals surface area contributed by atoms with Crippen molar-refractivity contribution in [3.63, 3.8) is 0 Å². The quantitative estimate of drug-likeness (QED) is 0.771. The molecule has 1 aromatic heterocycles. The van der Waals surface area contributed by atoms with E-state index < -0.39 is 0 Å². The number of aryl methyl sites for hydroxylation is 1. The Morgan fingerprint density at radius 2 is 2.28 bits per heavy atom. The molecule has 0 aliphatic heterocycles. The molecule has 18 heavy (non-hydrogen) atoms. The summed E-state index contributed by atoms with van der Waals surface area (Å²) in [4.78, 5) is 0. The Balaban J connectivity index is 2.09. The second kappa shape index (κ2) is 6.34. The molecule has 2 unspecified atom stereocenters. The predicted octanol–water partition coefficient (Wildman–Crippen LogP) is 2.37. The van der Waals surface area contributed by atoms with Crippen LogP contribution in [0.3, 0.4) is 0 Å². The number of rotatable bonds is 8. The summed E-state index contributed by atoms with van der Waals surface area (Å²) in [6, 6.07) is 0.267. The van der Waals surface area contributed by atoms with Crippen molar-refractivity contribution in [1.82, 2.24) is 15.1 Å². The van der Waals surface area contributed by atoms with Crippen LogP contribution in [0.15, 0.2) is 12.4 Å². The van der Waals surface area contributed by atoms with E-state index in [2.05, 4.69) is 30.5 Å². The molecule has 1 aliphatic carbocycles. The molecular formula is C14H25N3O. The molecule has 2 atom stereocenters. The topological polar surface area (TPSA) is 39.1 Å². The molecular weight excluding hydrogens is 226 g/mol. The highest BCUT2D eigenvalue weighted by molar-refractivity contribution is 5.14. The lowest BCUT2D eigenvalue weighted by atomic mass is 10.0. The number of hydrogen-bond donors (Lipinski definition) is 1. The lowest BCUT2D eigenvalue weighted by molar-refractivity contribution is 0.0204. The van der Waals surface area contributed by atoms with Crippen molar-refractivity contribution >= 4 is 0 Å². The summed E-state index contributed by atoms with van der Waals surface area (Å²) in [6.07, 6.45) is 8.13. The van der Waals surface area contributed by atoms with Crippen molar-refractivity contribution in [2.75, 3.05) is 13.7 Å². The van der Waals surface area contributed by atoms with Crippen LogP contribution in [-0.2, 0) is 11.3 Å². The number of ether oxygens (including phenoxy) is 1. The monoisotopic (exact) mass is 251 g/mol. The van der Waals surface area contributed by atoms with Crippen molar-refractivity contribution in [1.29, 1.82) is 0 Å². The molecule has 1 heterocycles. The largest absolute Gasteiger partial charge is 0.376 e. The minimum Gasteiger partial charge on any atom is -0.376 e. The van der Waals surface area contributed by atoms with Crippen molar-refractivity contribution < 1.29 is 4.74 Å². The lowest BCUT2D eigenvalue weighted by Crippen LogP contribution is -2.33. The summed E-state index contributed by atoms with van der Waals surface area (Å²) in [5.41, 5.74) is 1.25. The van der Waals surface area contributed by atoms with Crippen molar-refractivity contribution in [2.24, 2.45) is 5.92 Å². The number of nitrogens with zero attached hydrogens (tertiary/aromatic N) is 2. The minimum atomic E-state index is 0.267. The van der Waals surface area contributed by atoms with Crippen LogP contribution in [0.1, 0.15) is 44.7 Å². The van der Waals surface area contributed by atoms with Crippen molar-refractivity contribution in [3.05, 3.63) is 18.0 Å². The maximum absolute atomic E-state index is 5.94. The molecule has 0 spiro atoms. The Morgan fingerprint density at radius 1 is 1.50 bits per heavy atom. The third-order valence-electron chi connectivity index (χ3n) is 3.55. The van der Waals surface area contributed by atoms with Crippen LogP contribution in [0.2, 0.25) is 0 Å². The Morgan fingerprint density at radius 3 is 2.83 bits per heavy atom. The smallest absolute Gasteiger partial charge is 0.0798 e. The van der Waals surface area contributed by atoms with Gasteiger partial charge < -0.3 is 10.1 Å². The molecule has 0 amide bonds. The van der Waals surface area contributed by atoms with Crippen LogP contribution < -0.4 is 5.32 Å². The number of likely N-dealkylation sites (N-methyl/N-ethyl adjacent to an activating group) is 1. The average Bonchev–Trinajstić information content (AvgIpc) is 3.11. The van der Waals surface area contributed by atoms with Gasteiger partial charge in [0.2, 0.25) is 0 Å². The van der Waals surface area contributed by atoms with Gasteiger partial charge in [0, 0.05) is 24.9 Å². The summed E-state index contributed by atoms with van der Waals surface area (Å²) in [7, 11) is 2.01. The summed E-state index contributed by atoms with van der Waals surface area (Å²) < 4.78 is 7.97. The average molecular weight is 251 g/mol. The molecule has 0 bridgehead atoms. The highest BCUT2D eigenvalue weighted by Crippen LogP contribution is 2.39. The van der Waals surface area contributed by atoms with E-state index in [-0.39, 0.29) is 6.04 Å². The molecule has 102 valence electrons. The maximum atomic E-state index is 5.94. The first-order chi connectivity index (χ1) is 8.80. The number of hydrogen-bond acceptors (Lipinski definition) is 3. The zero-order valence-electron chi connectivity index (χ0n) is 11.7. The predicted molar refractivity (Wildman–Crippen MR) is 72.5 cm³/mol. The standard InChI is InChI=1S/C14H25N3O/c1-4-8-17-10-12(9-16-17)13(15-3)14(18-5-2)11-6-7-11/h9-11,13-15H,4-8H2,1-3H3. The molecule has 1 aromatic rings. The van der Waals surface area contributed by atoms with E-state index in [0.29, 0.717) is 6.10 Å². The van der Waals surface area contributed by atoms with Gasteiger partial charge in [-0.2, -0.15) is 5.10 Å². The second-order valence-electron chi connectivity index (χ2n) is 5.06. The van der Waals surface area contributed by atoms with Gasteiger partial charge in [0.15, 0.2) is 0 Å². The first kappa shape index (κ1) is 13.6. The minimum absolute atomic E-state index is 0.267. The van der Waals surface area contributed by atoms with Crippen LogP contribution in [0.5, 0.6) is 0 Å². The van der Waals surface area contributed by atoms with Gasteiger partial charge in [-0.05, 0) is 39.2 Å². The maximum Gasteiger partial charge on any atom is 0.0798 e. The molecule has 1 aliphatic rings. The zero-order valence-corrected chi connectivity index (χ0v) is 11.7. The fourth-order valence-electron chi connectivity index (χ4n) is 2.53. The fraction of sp³-hybridized carbons (Fsp3) is 0.786. The van der Waals surface area contributed by atoms with Gasteiger partial charge in [0.25, 0.3) is 0 Å². The van der Waals surface area contributed by atoms with Crippen LogP contribution in [0, 0.1) is 5.92 Å². The highest BCUT2D eigenvalue weighted by atomic mass is 16.5. The van der Waals surface area contributed by atoms with Gasteiger partial charge in [-0.1, -0.05) is 6.92 Å². The van der Waals surface area contributed by atoms with E-state index >= 15 is 0 Å². The Labute approximate surface area is 110 Å². The molecule has 4 heteroatoms. The lowest BCUT2D eigenvalue weighted by Gasteiger charge is -2.26. The van der Waals surface area contributed by atoms with E-state index in [9.17, 15) is 0 Å². The zero-order chi connectivity index (χ0) is 13.0. The van der Waals surface area contributed by atoms with Crippen molar-refractivity contribution in [2.45, 2.75) is 51.8 Å². The molecule has 0 saturated heterocycles. The van der Waals surface area contributed by atoms with E-state index in [4.69, 9.17) is 4.74 Å². The van der Waals surface area contributed by atoms with Crippen LogP contribution in [-0.4, -0.2) is 29.5 Å². The molecule has 1 fully saturated rings. The van der Waals surface area contributed by atoms with Gasteiger partial charge in [-0.25, -0.2) is 0 Å². The third kappa shape index (κ3) is 3.12. The van der Waals surface area contributed by atoms with E-state index in [1.54, 1.807) is 0 Å². The molecule has 1 saturated carbocycles. The fourth-order valence-corrected chi connectivity index (χ4v) is 2.53. The summed E-state index contributed by atoms with van der Waals surface area (Å²) in [5.74, 6) is 0.719. The van der Waals surface area contributed by atoms with Gasteiger partial charge in [0.1, 0.15) is 0 Å². The summed E-state index contributed by atoms with van der Waals surface area (Å²) in [6.45, 7) is 6.01. The van der Waals surface area contributed by atoms with Crippen LogP contribution in [0.25, 0.3) is 0 Å². The Hall–Kier alpha value is -0.870. The van der Waals surface area contributed by atoms with Gasteiger partial charge in [-0.15, -0.1) is 0 Å². The second-order valence-corrected chi connectivity index (χ2v) is 5.06. The molecule has 0 aromatic carbocycles. The Bertz CT molecular complexity index is 360. The number of nitrogens with one attached hydrogen (secondary N) is 1. The van der Waals surface area contributed by atoms with Crippen molar-refractivity contribution in [3.8, 4) is 0 Å². The highest BCUT2D eigenvalue weighted by Gasteiger charge is 2.37. The molecule has 0 radical (unpaired) electrons. The molecule has 1 N–H and O–H groups in total. The first-order valence-corrected chi connectivity index (χ1v) is 7.11. The van der Waals surface area contributed by atoms with Gasteiger partial charge in [-0.3, -0.25) is 4.68 Å². The van der Waals surface area contributed by atoms with E-state index in [1.807, 2.05) is 17.9 Å². The van der Waals surface area contributed by atoms with Gasteiger partial charge >= 0.3 is 0 Å². The third-order valence-corrected chi connectivity index (χ3v) is 3.55. The molecule has 2 rings (SSSR count). The SMILES string of the molecule is CCCn1cc(C(NC)C(OCC)C2CC2)cn1. The first-order valence-electron chi connectivity index (χ1n) is 7.11.